The molecule has 98 valence electrons. The average molecular weight is 279 g/mol. The van der Waals surface area contributed by atoms with Gasteiger partial charge in [-0.3, -0.25) is 0 Å². The third-order valence-electron chi connectivity index (χ3n) is 3.07. The van der Waals surface area contributed by atoms with Gasteiger partial charge < -0.3 is 10.2 Å². The van der Waals surface area contributed by atoms with Crippen LogP contribution in [0, 0.1) is 6.92 Å². The molecule has 0 aliphatic rings. The predicted molar refractivity (Wildman–Crippen MR) is 62.7 cm³/mol. The van der Waals surface area contributed by atoms with Crippen LogP contribution in [0.1, 0.15) is 49.8 Å². The van der Waals surface area contributed by atoms with Crippen molar-refractivity contribution >= 4 is 0 Å². The summed E-state index contributed by atoms with van der Waals surface area (Å²) in [5.41, 5.74) is 2.83. The van der Waals surface area contributed by atoms with E-state index in [0.29, 0.717) is 6.42 Å². The molecule has 0 fully saturated rings. The van der Waals surface area contributed by atoms with E-state index in [1.165, 1.54) is 18.9 Å². The zero-order valence-corrected chi connectivity index (χ0v) is 11.7. The van der Waals surface area contributed by atoms with Gasteiger partial charge in [-0.25, -0.2) is 0 Å². The standard InChI is InChI=1S/C14H22O2.Ni/c1-4-6-7-8-12-10(3)9-13(15)14(16)11(12)5-2;/h9,15-16H,4-8H2,1-3H3;/q;+2/p-2. The van der Waals surface area contributed by atoms with Gasteiger partial charge in [0.15, 0.2) is 0 Å². The molecule has 1 rings (SSSR count). The van der Waals surface area contributed by atoms with E-state index in [4.69, 9.17) is 0 Å². The third kappa shape index (κ3) is 3.92. The molecule has 0 saturated carbocycles. The van der Waals surface area contributed by atoms with Crippen LogP contribution in [-0.4, -0.2) is 0 Å². The second-order valence-electron chi connectivity index (χ2n) is 4.29. The van der Waals surface area contributed by atoms with Crippen molar-refractivity contribution in [3.8, 4) is 11.5 Å². The SMILES string of the molecule is CCCCCc1c(C)cc([O-])c([O-])c1CC.[Ni+2]. The molecule has 0 saturated heterocycles. The fraction of sp³-hybridized carbons (Fsp3) is 0.571. The molecule has 0 radical (unpaired) electrons. The van der Waals surface area contributed by atoms with Crippen LogP contribution in [0.3, 0.4) is 0 Å². The minimum absolute atomic E-state index is 0. The van der Waals surface area contributed by atoms with Crippen LogP contribution in [0.5, 0.6) is 11.5 Å². The Morgan fingerprint density at radius 2 is 1.71 bits per heavy atom. The van der Waals surface area contributed by atoms with Crippen molar-refractivity contribution in [1.29, 1.82) is 0 Å². The molecule has 2 nitrogen and oxygen atoms in total. The smallest absolute Gasteiger partial charge is 0.873 e. The Hall–Kier alpha value is -0.686. The van der Waals surface area contributed by atoms with Gasteiger partial charge in [-0.15, -0.1) is 11.5 Å². The average Bonchev–Trinajstić information content (AvgIpc) is 2.26. The summed E-state index contributed by atoms with van der Waals surface area (Å²) in [4.78, 5) is 0. The Morgan fingerprint density at radius 3 is 2.24 bits per heavy atom. The van der Waals surface area contributed by atoms with Gasteiger partial charge in [0.25, 0.3) is 0 Å². The molecular formula is C14H20NiO2. The summed E-state index contributed by atoms with van der Waals surface area (Å²) in [5.74, 6) is -0.645. The van der Waals surface area contributed by atoms with Gasteiger partial charge in [0, 0.05) is 0 Å². The van der Waals surface area contributed by atoms with Crippen LogP contribution in [0.2, 0.25) is 0 Å². The van der Waals surface area contributed by atoms with Crippen molar-refractivity contribution < 1.29 is 26.7 Å². The minimum atomic E-state index is -0.353. The molecule has 1 aromatic carbocycles. The molecule has 0 aliphatic heterocycles. The first-order valence-corrected chi connectivity index (χ1v) is 6.11. The second kappa shape index (κ2) is 7.60. The number of hydrogen-bond donors (Lipinski definition) is 0. The molecule has 0 amide bonds. The summed E-state index contributed by atoms with van der Waals surface area (Å²) in [6.07, 6.45) is 5.04. The molecule has 17 heavy (non-hydrogen) atoms. The number of rotatable bonds is 5. The normalized spacial score (nSPS) is 10.1. The van der Waals surface area contributed by atoms with Gasteiger partial charge in [0.05, 0.1) is 0 Å². The Bertz CT molecular complexity index is 362. The van der Waals surface area contributed by atoms with Crippen molar-refractivity contribution in [2.45, 2.75) is 52.9 Å². The quantitative estimate of drug-likeness (QED) is 0.613. The van der Waals surface area contributed by atoms with Crippen LogP contribution in [0.25, 0.3) is 0 Å². The van der Waals surface area contributed by atoms with Crippen molar-refractivity contribution in [2.24, 2.45) is 0 Å². The number of benzene rings is 1. The predicted octanol–water partition coefficient (Wildman–Crippen LogP) is 2.43. The van der Waals surface area contributed by atoms with E-state index < -0.39 is 0 Å². The number of hydrogen-bond acceptors (Lipinski definition) is 2. The second-order valence-corrected chi connectivity index (χ2v) is 4.29. The first-order valence-electron chi connectivity index (χ1n) is 6.11. The third-order valence-corrected chi connectivity index (χ3v) is 3.07. The van der Waals surface area contributed by atoms with Crippen molar-refractivity contribution in [3.63, 3.8) is 0 Å². The molecule has 0 bridgehead atoms. The van der Waals surface area contributed by atoms with Crippen molar-refractivity contribution in [2.75, 3.05) is 0 Å². The minimum Gasteiger partial charge on any atom is -0.873 e. The first kappa shape index (κ1) is 16.3. The molecule has 0 aliphatic carbocycles. The molecule has 0 aromatic heterocycles. The number of aryl methyl sites for hydroxylation is 1. The Labute approximate surface area is 114 Å². The summed E-state index contributed by atoms with van der Waals surface area (Å²) in [6, 6.07) is 1.49. The zero-order valence-electron chi connectivity index (χ0n) is 10.7. The van der Waals surface area contributed by atoms with Gasteiger partial charge in [-0.05, 0) is 37.3 Å². The summed E-state index contributed by atoms with van der Waals surface area (Å²) in [6.45, 7) is 6.04. The molecule has 0 spiro atoms. The van der Waals surface area contributed by atoms with Gasteiger partial charge in [0.2, 0.25) is 0 Å². The van der Waals surface area contributed by atoms with Crippen LogP contribution in [0.15, 0.2) is 6.07 Å². The van der Waals surface area contributed by atoms with Crippen molar-refractivity contribution in [1.82, 2.24) is 0 Å². The Balaban J connectivity index is 0.00000256. The van der Waals surface area contributed by atoms with E-state index in [-0.39, 0.29) is 28.0 Å². The van der Waals surface area contributed by atoms with Gasteiger partial charge in [0.1, 0.15) is 0 Å². The maximum Gasteiger partial charge on any atom is 2.00 e. The zero-order chi connectivity index (χ0) is 12.1. The summed E-state index contributed by atoms with van der Waals surface area (Å²) in [7, 11) is 0. The fourth-order valence-corrected chi connectivity index (χ4v) is 2.15. The maximum absolute atomic E-state index is 11.7. The van der Waals surface area contributed by atoms with Crippen LogP contribution in [0.4, 0.5) is 0 Å². The van der Waals surface area contributed by atoms with Crippen LogP contribution >= 0.6 is 0 Å². The van der Waals surface area contributed by atoms with E-state index >= 15 is 0 Å². The van der Waals surface area contributed by atoms with Gasteiger partial charge in [-0.2, -0.15) is 0 Å². The largest absolute Gasteiger partial charge is 2.00 e. The first-order chi connectivity index (χ1) is 7.61. The monoisotopic (exact) mass is 278 g/mol. The van der Waals surface area contributed by atoms with E-state index in [2.05, 4.69) is 6.92 Å². The van der Waals surface area contributed by atoms with Crippen LogP contribution in [-0.2, 0) is 29.3 Å². The molecule has 0 atom stereocenters. The Kier molecular flexibility index (Phi) is 7.30. The molecule has 0 unspecified atom stereocenters. The van der Waals surface area contributed by atoms with E-state index in [1.54, 1.807) is 0 Å². The van der Waals surface area contributed by atoms with E-state index in [9.17, 15) is 10.2 Å². The van der Waals surface area contributed by atoms with Crippen molar-refractivity contribution in [3.05, 3.63) is 22.8 Å². The van der Waals surface area contributed by atoms with Crippen LogP contribution < -0.4 is 10.2 Å². The molecule has 1 aromatic rings. The van der Waals surface area contributed by atoms with E-state index in [0.717, 1.165) is 29.5 Å². The summed E-state index contributed by atoms with van der Waals surface area (Å²) >= 11 is 0. The molecule has 0 heterocycles. The van der Waals surface area contributed by atoms with E-state index in [1.807, 2.05) is 13.8 Å². The Morgan fingerprint density at radius 1 is 1.06 bits per heavy atom. The molecular weight excluding hydrogens is 259 g/mol. The molecule has 0 N–H and O–H groups in total. The van der Waals surface area contributed by atoms with Gasteiger partial charge in [-0.1, -0.05) is 38.3 Å². The summed E-state index contributed by atoms with van der Waals surface area (Å²) in [5, 5.41) is 23.1. The summed E-state index contributed by atoms with van der Waals surface area (Å²) < 4.78 is 0. The molecule has 3 heteroatoms. The topological polar surface area (TPSA) is 46.1 Å². The number of unbranched alkanes of at least 4 members (excludes halogenated alkanes) is 2. The van der Waals surface area contributed by atoms with Gasteiger partial charge >= 0.3 is 16.5 Å². The fourth-order valence-electron chi connectivity index (χ4n) is 2.15. The maximum atomic E-state index is 11.7.